The molecule has 3 fully saturated rings. The number of cyclic esters (lactones) is 1. The minimum absolute atomic E-state index is 0.0662. The number of fused-ring (bicyclic) bond motifs is 5. The van der Waals surface area contributed by atoms with E-state index in [1.165, 1.54) is 13.8 Å². The zero-order valence-electron chi connectivity index (χ0n) is 20.8. The maximum Gasteiger partial charge on any atom is 0.358 e. The third-order valence-corrected chi connectivity index (χ3v) is 9.58. The molecule has 0 amide bonds. The molecule has 0 radical (unpaired) electrons. The molecule has 34 heavy (non-hydrogen) atoms. The fourth-order valence-electron chi connectivity index (χ4n) is 7.70. The molecule has 1 heterocycles. The Labute approximate surface area is 198 Å². The first-order valence-corrected chi connectivity index (χ1v) is 11.5. The Morgan fingerprint density at radius 1 is 1.09 bits per heavy atom. The van der Waals surface area contributed by atoms with E-state index in [1.54, 1.807) is 20.8 Å². The van der Waals surface area contributed by atoms with E-state index in [9.17, 15) is 29.1 Å². The topological polar surface area (TPSA) is 124 Å². The van der Waals surface area contributed by atoms with Gasteiger partial charge in [-0.15, -0.1) is 0 Å². The molecule has 6 atom stereocenters. The molecule has 0 aromatic carbocycles. The monoisotopic (exact) mass is 472 g/mol. The van der Waals surface area contributed by atoms with Gasteiger partial charge in [0.05, 0.1) is 23.9 Å². The number of ketones is 3. The average molecular weight is 473 g/mol. The predicted octanol–water partition coefficient (Wildman–Crippen LogP) is 3.04. The van der Waals surface area contributed by atoms with Gasteiger partial charge in [-0.05, 0) is 57.4 Å². The van der Waals surface area contributed by atoms with Crippen molar-refractivity contribution in [3.8, 4) is 0 Å². The van der Waals surface area contributed by atoms with Crippen molar-refractivity contribution in [2.75, 3.05) is 7.11 Å². The highest BCUT2D eigenvalue weighted by atomic mass is 16.6. The SMILES string of the molecule is C=C1CC2[C@@](C)(C(=O)C(O)=C3C(C)(C)C(=O)CC[C@@]32C)C2C(=O)O[C@@](C)(C(=O)OC)C(=O)[C@@]12C. The molecule has 1 aliphatic heterocycles. The number of hydrogen-bond donors (Lipinski definition) is 1. The second-order valence-electron chi connectivity index (χ2n) is 11.6. The lowest BCUT2D eigenvalue weighted by Gasteiger charge is -2.64. The summed E-state index contributed by atoms with van der Waals surface area (Å²) in [4.78, 5) is 66.6. The second-order valence-corrected chi connectivity index (χ2v) is 11.6. The van der Waals surface area contributed by atoms with Gasteiger partial charge >= 0.3 is 11.9 Å². The minimum Gasteiger partial charge on any atom is -0.504 e. The van der Waals surface area contributed by atoms with Crippen LogP contribution in [0, 0.1) is 33.5 Å². The van der Waals surface area contributed by atoms with E-state index in [2.05, 4.69) is 6.58 Å². The van der Waals surface area contributed by atoms with Crippen molar-refractivity contribution in [2.24, 2.45) is 33.5 Å². The average Bonchev–Trinajstić information content (AvgIpc) is 2.75. The lowest BCUT2D eigenvalue weighted by molar-refractivity contribution is -0.213. The van der Waals surface area contributed by atoms with Gasteiger partial charge < -0.3 is 14.6 Å². The summed E-state index contributed by atoms with van der Waals surface area (Å²) in [5.74, 6) is -5.69. The summed E-state index contributed by atoms with van der Waals surface area (Å²) >= 11 is 0. The quantitative estimate of drug-likeness (QED) is 0.351. The van der Waals surface area contributed by atoms with Crippen LogP contribution >= 0.6 is 0 Å². The lowest BCUT2D eigenvalue weighted by Crippen LogP contribution is -2.72. The van der Waals surface area contributed by atoms with E-state index in [-0.39, 0.29) is 18.6 Å². The van der Waals surface area contributed by atoms with Crippen LogP contribution in [0.1, 0.15) is 60.8 Å². The molecular formula is C26H32O8. The molecular weight excluding hydrogens is 440 g/mol. The number of allylic oxidation sites excluding steroid dienone is 3. The molecule has 2 unspecified atom stereocenters. The van der Waals surface area contributed by atoms with Crippen LogP contribution in [-0.4, -0.2) is 47.1 Å². The Morgan fingerprint density at radius 3 is 2.24 bits per heavy atom. The van der Waals surface area contributed by atoms with Crippen LogP contribution in [0.4, 0.5) is 0 Å². The number of methoxy groups -OCH3 is 1. The van der Waals surface area contributed by atoms with Crippen molar-refractivity contribution in [1.82, 2.24) is 0 Å². The standard InChI is InChI=1S/C26H32O8/c1-12-11-13-23(4)10-9-14(27)22(2,3)16(23)15(28)18(29)25(13,6)17-19(30)34-26(7,21(32)33-8)20(31)24(12,17)5/h13,17,28H,1,9-11H2,2-8H3/t13?,17?,23-,24+,25-,26-/m1/s1. The highest BCUT2D eigenvalue weighted by Crippen LogP contribution is 2.70. The van der Waals surface area contributed by atoms with Gasteiger partial charge in [0.15, 0.2) is 11.5 Å². The third-order valence-electron chi connectivity index (χ3n) is 9.58. The minimum atomic E-state index is -2.17. The van der Waals surface area contributed by atoms with Crippen LogP contribution in [0.5, 0.6) is 0 Å². The van der Waals surface area contributed by atoms with Gasteiger partial charge in [-0.3, -0.25) is 19.2 Å². The molecule has 0 spiro atoms. The van der Waals surface area contributed by atoms with Gasteiger partial charge in [-0.25, -0.2) is 4.79 Å². The number of carbonyl (C=O) groups excluding carboxylic acids is 5. The van der Waals surface area contributed by atoms with Crippen molar-refractivity contribution in [1.29, 1.82) is 0 Å². The van der Waals surface area contributed by atoms with E-state index in [1.807, 2.05) is 6.92 Å². The second kappa shape index (κ2) is 6.67. The lowest BCUT2D eigenvalue weighted by atomic mass is 9.37. The first kappa shape index (κ1) is 24.4. The fourth-order valence-corrected chi connectivity index (χ4v) is 7.70. The van der Waals surface area contributed by atoms with Crippen LogP contribution in [0.25, 0.3) is 0 Å². The summed E-state index contributed by atoms with van der Waals surface area (Å²) in [6.45, 7) is 13.8. The van der Waals surface area contributed by atoms with Crippen molar-refractivity contribution >= 4 is 29.3 Å². The number of carbonyl (C=O) groups is 5. The van der Waals surface area contributed by atoms with Gasteiger partial charge in [0.2, 0.25) is 5.78 Å². The Balaban J connectivity index is 1.99. The number of ether oxygens (including phenoxy) is 2. The molecule has 184 valence electrons. The summed E-state index contributed by atoms with van der Waals surface area (Å²) < 4.78 is 10.2. The summed E-state index contributed by atoms with van der Waals surface area (Å²) in [5, 5.41) is 11.3. The molecule has 2 saturated carbocycles. The smallest absolute Gasteiger partial charge is 0.358 e. The summed E-state index contributed by atoms with van der Waals surface area (Å²) in [6, 6.07) is 0. The Kier molecular flexibility index (Phi) is 4.78. The van der Waals surface area contributed by atoms with Crippen LogP contribution in [0.15, 0.2) is 23.5 Å². The molecule has 0 aromatic heterocycles. The Hall–Kier alpha value is -2.77. The van der Waals surface area contributed by atoms with Crippen LogP contribution < -0.4 is 0 Å². The molecule has 0 bridgehead atoms. The summed E-state index contributed by atoms with van der Waals surface area (Å²) in [6.07, 6.45) is 0.865. The van der Waals surface area contributed by atoms with Crippen LogP contribution in [-0.2, 0) is 33.4 Å². The molecule has 0 aromatic rings. The number of rotatable bonds is 1. The molecule has 4 rings (SSSR count). The summed E-state index contributed by atoms with van der Waals surface area (Å²) in [5.41, 5.74) is -6.32. The maximum absolute atomic E-state index is 13.9. The number of aliphatic hydroxyl groups excluding tert-OH is 1. The van der Waals surface area contributed by atoms with Crippen LogP contribution in [0.2, 0.25) is 0 Å². The first-order chi connectivity index (χ1) is 15.5. The Bertz CT molecular complexity index is 1130. The largest absolute Gasteiger partial charge is 0.504 e. The number of hydrogen-bond acceptors (Lipinski definition) is 8. The Morgan fingerprint density at radius 2 is 1.68 bits per heavy atom. The third kappa shape index (κ3) is 2.41. The highest BCUT2D eigenvalue weighted by molar-refractivity contribution is 6.17. The highest BCUT2D eigenvalue weighted by Gasteiger charge is 2.76. The maximum atomic E-state index is 13.9. The van der Waals surface area contributed by atoms with Gasteiger partial charge in [0.1, 0.15) is 5.78 Å². The van der Waals surface area contributed by atoms with E-state index in [0.717, 1.165) is 7.11 Å². The van der Waals surface area contributed by atoms with Crippen molar-refractivity contribution < 1.29 is 38.6 Å². The van der Waals surface area contributed by atoms with Crippen LogP contribution in [0.3, 0.4) is 0 Å². The van der Waals surface area contributed by atoms with Crippen molar-refractivity contribution in [3.63, 3.8) is 0 Å². The number of aliphatic hydroxyl groups is 1. The zero-order chi connectivity index (χ0) is 25.8. The molecule has 4 aliphatic rings. The van der Waals surface area contributed by atoms with E-state index >= 15 is 0 Å². The number of Topliss-reactive ketones (excluding diaryl/α,β-unsaturated/α-hetero) is 3. The molecule has 3 aliphatic carbocycles. The molecule has 8 nitrogen and oxygen atoms in total. The van der Waals surface area contributed by atoms with Gasteiger partial charge in [-0.2, -0.15) is 0 Å². The van der Waals surface area contributed by atoms with E-state index < -0.39 is 68.4 Å². The van der Waals surface area contributed by atoms with Crippen molar-refractivity contribution in [2.45, 2.75) is 66.4 Å². The van der Waals surface area contributed by atoms with Gasteiger partial charge in [0.25, 0.3) is 5.60 Å². The fraction of sp³-hybridized carbons (Fsp3) is 0.654. The molecule has 8 heteroatoms. The normalized spacial score (nSPS) is 43.6. The van der Waals surface area contributed by atoms with Crippen molar-refractivity contribution in [3.05, 3.63) is 23.5 Å². The molecule has 1 N–H and O–H groups in total. The van der Waals surface area contributed by atoms with E-state index in [0.29, 0.717) is 17.6 Å². The molecule has 1 saturated heterocycles. The first-order valence-electron chi connectivity index (χ1n) is 11.5. The van der Waals surface area contributed by atoms with E-state index in [4.69, 9.17) is 9.47 Å². The number of esters is 2. The predicted molar refractivity (Wildman–Crippen MR) is 119 cm³/mol. The zero-order valence-corrected chi connectivity index (χ0v) is 20.8. The van der Waals surface area contributed by atoms with Gasteiger partial charge in [0, 0.05) is 11.8 Å². The van der Waals surface area contributed by atoms with Gasteiger partial charge in [-0.1, -0.05) is 26.0 Å². The summed E-state index contributed by atoms with van der Waals surface area (Å²) in [7, 11) is 1.10.